The van der Waals surface area contributed by atoms with E-state index in [2.05, 4.69) is 19.2 Å². The number of aliphatic hydroxyl groups excluding tert-OH is 1. The van der Waals surface area contributed by atoms with Crippen molar-refractivity contribution in [1.29, 1.82) is 0 Å². The van der Waals surface area contributed by atoms with Crippen LogP contribution in [0.2, 0.25) is 0 Å². The summed E-state index contributed by atoms with van der Waals surface area (Å²) >= 11 is 0. The second-order valence-electron chi connectivity index (χ2n) is 8.40. The summed E-state index contributed by atoms with van der Waals surface area (Å²) in [4.78, 5) is 26.3. The summed E-state index contributed by atoms with van der Waals surface area (Å²) < 4.78 is 16.0. The van der Waals surface area contributed by atoms with Crippen LogP contribution in [0.15, 0.2) is 0 Å². The van der Waals surface area contributed by atoms with Gasteiger partial charge >= 0.3 is 0 Å². The van der Waals surface area contributed by atoms with Crippen LogP contribution in [-0.2, 0) is 56.5 Å². The van der Waals surface area contributed by atoms with E-state index in [1.807, 2.05) is 6.92 Å². The van der Waals surface area contributed by atoms with Crippen molar-refractivity contribution in [3.63, 3.8) is 0 Å². The number of carbonyl (C=O) groups excluding carboxylic acids is 2. The van der Waals surface area contributed by atoms with E-state index in [1.165, 1.54) is 0 Å². The molecule has 2 N–H and O–H groups in total. The molecular formula is C22H42N2O6S2Y. The predicted molar refractivity (Wildman–Crippen MR) is 131 cm³/mol. The average molecular weight is 584 g/mol. The number of hydrogen-bond donors (Lipinski definition) is 2. The third kappa shape index (κ3) is 15.3. The molecule has 191 valence electrons. The molecular weight excluding hydrogens is 541 g/mol. The standard InChI is InChI=1S/C22H42N2O6S2.Y/c1-5-29-11-12-30-13-14-31-32-22(2,3)9-8-20(26)23-10-6-7-21(27)24-16-19(28-4)15-18(24)17-25;/h18-19,25H,5-17H2,1-4H3,(H,23,26);/t18-,19+;/m1./s1. The molecule has 0 aliphatic carbocycles. The number of hydrogen-bond acceptors (Lipinski definition) is 8. The minimum absolute atomic E-state index is 0. The normalized spacial score (nSPS) is 18.3. The van der Waals surface area contributed by atoms with Crippen molar-refractivity contribution < 1.29 is 61.6 Å². The molecule has 8 nitrogen and oxygen atoms in total. The molecule has 0 aromatic heterocycles. The van der Waals surface area contributed by atoms with Gasteiger partial charge in [-0.25, -0.2) is 0 Å². The fourth-order valence-electron chi connectivity index (χ4n) is 3.34. The number of likely N-dealkylation sites (tertiary alicyclic amines) is 1. The fraction of sp³-hybridized carbons (Fsp3) is 0.909. The third-order valence-electron chi connectivity index (χ3n) is 5.26. The van der Waals surface area contributed by atoms with Crippen LogP contribution in [0.4, 0.5) is 0 Å². The summed E-state index contributed by atoms with van der Waals surface area (Å²) in [7, 11) is 5.18. The molecule has 1 rings (SSSR count). The van der Waals surface area contributed by atoms with Crippen molar-refractivity contribution in [3.05, 3.63) is 0 Å². The van der Waals surface area contributed by atoms with Crippen LogP contribution in [-0.4, -0.2) is 97.7 Å². The Bertz CT molecular complexity index is 545. The SMILES string of the molecule is CCOCCOCCSSC(C)(C)CCC(=O)NCCCC(=O)N1C[C@@H](OC)C[C@@H]1CO.[Y]. The number of carbonyl (C=O) groups is 2. The molecule has 2 atom stereocenters. The Labute approximate surface area is 232 Å². The summed E-state index contributed by atoms with van der Waals surface area (Å²) in [5, 5.41) is 12.4. The maximum atomic E-state index is 12.4. The number of nitrogens with zero attached hydrogens (tertiary/aromatic N) is 1. The molecule has 1 saturated heterocycles. The summed E-state index contributed by atoms with van der Waals surface area (Å²) in [5.74, 6) is 0.929. The number of methoxy groups -OCH3 is 1. The molecule has 0 bridgehead atoms. The van der Waals surface area contributed by atoms with Gasteiger partial charge in [-0.3, -0.25) is 9.59 Å². The van der Waals surface area contributed by atoms with Crippen LogP contribution in [0, 0.1) is 0 Å². The van der Waals surface area contributed by atoms with Gasteiger partial charge in [0.1, 0.15) is 0 Å². The van der Waals surface area contributed by atoms with E-state index in [4.69, 9.17) is 14.2 Å². The number of nitrogens with one attached hydrogen (secondary N) is 1. The zero-order chi connectivity index (χ0) is 23.8. The van der Waals surface area contributed by atoms with Gasteiger partial charge in [0.2, 0.25) is 11.8 Å². The van der Waals surface area contributed by atoms with Crippen LogP contribution in [0.3, 0.4) is 0 Å². The van der Waals surface area contributed by atoms with E-state index in [-0.39, 0.29) is 68.0 Å². The van der Waals surface area contributed by atoms with Crippen LogP contribution in [0.25, 0.3) is 0 Å². The van der Waals surface area contributed by atoms with E-state index in [0.717, 1.165) is 12.2 Å². The Hall–Kier alpha value is 0.584. The van der Waals surface area contributed by atoms with Gasteiger partial charge in [-0.15, -0.1) is 0 Å². The van der Waals surface area contributed by atoms with Gasteiger partial charge in [-0.1, -0.05) is 21.6 Å². The Balaban J connectivity index is 0.0000102. The molecule has 1 fully saturated rings. The zero-order valence-electron chi connectivity index (χ0n) is 20.7. The number of ether oxygens (including phenoxy) is 3. The molecule has 1 aliphatic heterocycles. The molecule has 1 aliphatic rings. The molecule has 0 aromatic rings. The Morgan fingerprint density at radius 3 is 2.58 bits per heavy atom. The van der Waals surface area contributed by atoms with E-state index in [1.54, 1.807) is 33.6 Å². The molecule has 1 radical (unpaired) electrons. The molecule has 33 heavy (non-hydrogen) atoms. The summed E-state index contributed by atoms with van der Waals surface area (Å²) in [6.07, 6.45) is 2.86. The van der Waals surface area contributed by atoms with Crippen LogP contribution in [0.5, 0.6) is 0 Å². The first-order valence-corrected chi connectivity index (χ1v) is 13.8. The van der Waals surface area contributed by atoms with Gasteiger partial charge in [0.05, 0.1) is 38.6 Å². The minimum Gasteiger partial charge on any atom is -0.394 e. The molecule has 2 amide bonds. The second-order valence-corrected chi connectivity index (χ2v) is 11.5. The van der Waals surface area contributed by atoms with Crippen LogP contribution < -0.4 is 5.32 Å². The minimum atomic E-state index is -0.165. The number of aliphatic hydroxyl groups is 1. The Morgan fingerprint density at radius 1 is 1.18 bits per heavy atom. The van der Waals surface area contributed by atoms with Crippen molar-refractivity contribution >= 4 is 33.4 Å². The van der Waals surface area contributed by atoms with Crippen LogP contribution in [0.1, 0.15) is 52.9 Å². The number of rotatable bonds is 18. The fourth-order valence-corrected chi connectivity index (χ4v) is 5.77. The molecule has 0 unspecified atom stereocenters. The van der Waals surface area contributed by atoms with E-state index in [0.29, 0.717) is 65.2 Å². The van der Waals surface area contributed by atoms with Crippen molar-refractivity contribution in [2.75, 3.05) is 59.0 Å². The molecule has 0 aromatic carbocycles. The largest absolute Gasteiger partial charge is 0.394 e. The third-order valence-corrected chi connectivity index (χ3v) is 8.57. The Morgan fingerprint density at radius 2 is 1.91 bits per heavy atom. The summed E-state index contributed by atoms with van der Waals surface area (Å²) in [6, 6.07) is -0.165. The van der Waals surface area contributed by atoms with Crippen molar-refractivity contribution in [2.24, 2.45) is 0 Å². The van der Waals surface area contributed by atoms with Gasteiger partial charge in [0.15, 0.2) is 0 Å². The van der Waals surface area contributed by atoms with E-state index in [9.17, 15) is 14.7 Å². The topological polar surface area (TPSA) is 97.3 Å². The van der Waals surface area contributed by atoms with Gasteiger partial charge in [0, 0.05) is 82.9 Å². The molecule has 0 spiro atoms. The van der Waals surface area contributed by atoms with Gasteiger partial charge in [0.25, 0.3) is 0 Å². The number of amides is 2. The summed E-state index contributed by atoms with van der Waals surface area (Å²) in [6.45, 7) is 9.90. The second kappa shape index (κ2) is 19.7. The first-order chi connectivity index (χ1) is 15.3. The van der Waals surface area contributed by atoms with Crippen molar-refractivity contribution in [1.82, 2.24) is 10.2 Å². The molecule has 0 saturated carbocycles. The van der Waals surface area contributed by atoms with Gasteiger partial charge in [-0.2, -0.15) is 0 Å². The van der Waals surface area contributed by atoms with E-state index < -0.39 is 0 Å². The molecule has 1 heterocycles. The first kappa shape index (κ1) is 33.6. The Kier molecular flexibility index (Phi) is 20.1. The average Bonchev–Trinajstić information content (AvgIpc) is 3.21. The van der Waals surface area contributed by atoms with Crippen LogP contribution >= 0.6 is 21.6 Å². The maximum absolute atomic E-state index is 12.4. The van der Waals surface area contributed by atoms with Gasteiger partial charge < -0.3 is 29.5 Å². The van der Waals surface area contributed by atoms with Crippen molar-refractivity contribution in [3.8, 4) is 0 Å². The quantitative estimate of drug-likeness (QED) is 0.188. The zero-order valence-corrected chi connectivity index (χ0v) is 25.1. The smallest absolute Gasteiger partial charge is 0.223 e. The van der Waals surface area contributed by atoms with E-state index >= 15 is 0 Å². The monoisotopic (exact) mass is 583 g/mol. The van der Waals surface area contributed by atoms with Crippen molar-refractivity contribution in [2.45, 2.75) is 69.8 Å². The molecule has 11 heteroatoms. The maximum Gasteiger partial charge on any atom is 0.223 e. The first-order valence-electron chi connectivity index (χ1n) is 11.5. The predicted octanol–water partition coefficient (Wildman–Crippen LogP) is 2.48. The van der Waals surface area contributed by atoms with Gasteiger partial charge in [-0.05, 0) is 40.0 Å². The summed E-state index contributed by atoms with van der Waals surface area (Å²) in [5.41, 5.74) is 0.